The zero-order valence-electron chi connectivity index (χ0n) is 11.0. The van der Waals surface area contributed by atoms with Gasteiger partial charge in [-0.3, -0.25) is 9.59 Å². The monoisotopic (exact) mass is 307 g/mol. The molecular weight excluding hydrogens is 297 g/mol. The Morgan fingerprint density at radius 3 is 2.57 bits per heavy atom. The van der Waals surface area contributed by atoms with Crippen LogP contribution in [-0.4, -0.2) is 16.8 Å². The van der Waals surface area contributed by atoms with Gasteiger partial charge in [0.2, 0.25) is 11.9 Å². The first-order valence-electron chi connectivity index (χ1n) is 5.96. The van der Waals surface area contributed by atoms with Crippen LogP contribution in [-0.2, 0) is 4.79 Å². The molecule has 5 nitrogen and oxygen atoms in total. The van der Waals surface area contributed by atoms with E-state index in [4.69, 9.17) is 11.6 Å². The van der Waals surface area contributed by atoms with Gasteiger partial charge in [-0.2, -0.15) is 4.39 Å². The Bertz CT molecular complexity index is 706. The summed E-state index contributed by atoms with van der Waals surface area (Å²) in [6.07, 6.45) is 1.21. The van der Waals surface area contributed by atoms with Crippen LogP contribution in [0.15, 0.2) is 36.5 Å². The number of nitrogens with one attached hydrogen (secondary N) is 2. The third-order valence-corrected chi connectivity index (χ3v) is 2.84. The van der Waals surface area contributed by atoms with Crippen LogP contribution in [0, 0.1) is 5.95 Å². The molecule has 1 heterocycles. The van der Waals surface area contributed by atoms with Gasteiger partial charge in [0.05, 0.1) is 10.7 Å². The molecule has 0 spiro atoms. The van der Waals surface area contributed by atoms with Crippen LogP contribution in [0.3, 0.4) is 0 Å². The summed E-state index contributed by atoms with van der Waals surface area (Å²) in [5, 5.41) is 5.41. The van der Waals surface area contributed by atoms with Crippen molar-refractivity contribution in [2.24, 2.45) is 0 Å². The van der Waals surface area contributed by atoms with Crippen LogP contribution in [0.5, 0.6) is 0 Å². The Kier molecular flexibility index (Phi) is 4.49. The number of anilines is 2. The number of carbonyl (C=O) groups excluding carboxylic acids is 2. The highest BCUT2D eigenvalue weighted by Crippen LogP contribution is 2.25. The minimum atomic E-state index is -0.735. The van der Waals surface area contributed by atoms with E-state index in [1.165, 1.54) is 25.3 Å². The van der Waals surface area contributed by atoms with E-state index in [2.05, 4.69) is 15.6 Å². The lowest BCUT2D eigenvalue weighted by Gasteiger charge is -2.09. The predicted molar refractivity (Wildman–Crippen MR) is 77.9 cm³/mol. The van der Waals surface area contributed by atoms with E-state index in [9.17, 15) is 14.0 Å². The maximum atomic E-state index is 13.0. The highest BCUT2D eigenvalue weighted by atomic mass is 35.5. The Morgan fingerprint density at radius 2 is 1.95 bits per heavy atom. The Morgan fingerprint density at radius 1 is 1.19 bits per heavy atom. The Labute approximate surface area is 125 Å². The van der Waals surface area contributed by atoms with E-state index in [1.807, 2.05) is 0 Å². The maximum Gasteiger partial charge on any atom is 0.255 e. The summed E-state index contributed by atoms with van der Waals surface area (Å²) in [7, 11) is 0. The molecule has 1 aromatic carbocycles. The zero-order valence-corrected chi connectivity index (χ0v) is 11.7. The molecule has 0 saturated carbocycles. The van der Waals surface area contributed by atoms with E-state index in [0.717, 1.165) is 6.07 Å². The number of hydrogen-bond donors (Lipinski definition) is 2. The molecule has 0 aliphatic heterocycles. The van der Waals surface area contributed by atoms with Gasteiger partial charge in [0.25, 0.3) is 5.91 Å². The number of halogens is 2. The molecular formula is C14H11ClFN3O2. The molecule has 7 heteroatoms. The molecule has 1 aromatic heterocycles. The maximum absolute atomic E-state index is 13.0. The summed E-state index contributed by atoms with van der Waals surface area (Å²) in [6.45, 7) is 1.37. The largest absolute Gasteiger partial charge is 0.325 e. The van der Waals surface area contributed by atoms with Crippen LogP contribution in [0.4, 0.5) is 15.8 Å². The van der Waals surface area contributed by atoms with Gasteiger partial charge in [-0.15, -0.1) is 0 Å². The van der Waals surface area contributed by atoms with E-state index in [1.54, 1.807) is 12.1 Å². The molecule has 0 aliphatic carbocycles. The molecule has 21 heavy (non-hydrogen) atoms. The van der Waals surface area contributed by atoms with Crippen molar-refractivity contribution < 1.29 is 14.0 Å². The van der Waals surface area contributed by atoms with Gasteiger partial charge in [-0.05, 0) is 24.3 Å². The number of amides is 2. The molecule has 0 bridgehead atoms. The van der Waals surface area contributed by atoms with Crippen molar-refractivity contribution in [2.45, 2.75) is 6.92 Å². The number of rotatable bonds is 3. The second kappa shape index (κ2) is 6.32. The number of benzene rings is 1. The summed E-state index contributed by atoms with van der Waals surface area (Å²) in [5.41, 5.74) is 1.01. The first kappa shape index (κ1) is 14.9. The average molecular weight is 308 g/mol. The fourth-order valence-corrected chi connectivity index (χ4v) is 1.86. The van der Waals surface area contributed by atoms with Crippen molar-refractivity contribution in [1.82, 2.24) is 4.98 Å². The van der Waals surface area contributed by atoms with Gasteiger partial charge in [-0.25, -0.2) is 4.98 Å². The fourth-order valence-electron chi connectivity index (χ4n) is 1.63. The molecule has 2 amide bonds. The van der Waals surface area contributed by atoms with Gasteiger partial charge < -0.3 is 10.6 Å². The standard InChI is InChI=1S/C14H11ClFN3O2/c1-8(20)18-12-3-2-10(7-11(12)15)19-14(21)9-4-5-17-13(16)6-9/h2-7H,1H3,(H,18,20)(H,19,21). The zero-order chi connectivity index (χ0) is 15.4. The first-order valence-corrected chi connectivity index (χ1v) is 6.33. The van der Waals surface area contributed by atoms with Crippen LogP contribution in [0.25, 0.3) is 0 Å². The van der Waals surface area contributed by atoms with Crippen molar-refractivity contribution in [3.8, 4) is 0 Å². The third-order valence-electron chi connectivity index (χ3n) is 2.53. The second-order valence-electron chi connectivity index (χ2n) is 4.20. The van der Waals surface area contributed by atoms with Gasteiger partial charge in [0, 0.05) is 30.4 Å². The minimum Gasteiger partial charge on any atom is -0.325 e. The Balaban J connectivity index is 2.15. The average Bonchev–Trinajstić information content (AvgIpc) is 2.41. The molecule has 0 saturated heterocycles. The lowest BCUT2D eigenvalue weighted by atomic mass is 10.2. The number of carbonyl (C=O) groups is 2. The van der Waals surface area contributed by atoms with Crippen molar-refractivity contribution in [2.75, 3.05) is 10.6 Å². The van der Waals surface area contributed by atoms with E-state index in [-0.39, 0.29) is 16.5 Å². The van der Waals surface area contributed by atoms with Crippen molar-refractivity contribution in [3.05, 3.63) is 53.1 Å². The van der Waals surface area contributed by atoms with Crippen LogP contribution >= 0.6 is 11.6 Å². The van der Waals surface area contributed by atoms with Crippen molar-refractivity contribution >= 4 is 34.8 Å². The van der Waals surface area contributed by atoms with Crippen LogP contribution in [0.2, 0.25) is 5.02 Å². The van der Waals surface area contributed by atoms with Crippen LogP contribution in [0.1, 0.15) is 17.3 Å². The smallest absolute Gasteiger partial charge is 0.255 e. The van der Waals surface area contributed by atoms with E-state index >= 15 is 0 Å². The van der Waals surface area contributed by atoms with Gasteiger partial charge in [0.1, 0.15) is 0 Å². The number of hydrogen-bond acceptors (Lipinski definition) is 3. The lowest BCUT2D eigenvalue weighted by Crippen LogP contribution is -2.12. The predicted octanol–water partition coefficient (Wildman–Crippen LogP) is 3.08. The first-order chi connectivity index (χ1) is 9.95. The fraction of sp³-hybridized carbons (Fsp3) is 0.0714. The third kappa shape index (κ3) is 4.00. The molecule has 108 valence electrons. The van der Waals surface area contributed by atoms with E-state index < -0.39 is 11.9 Å². The summed E-state index contributed by atoms with van der Waals surface area (Å²) in [4.78, 5) is 26.3. The molecule has 2 N–H and O–H groups in total. The minimum absolute atomic E-state index is 0.143. The topological polar surface area (TPSA) is 71.1 Å². The lowest BCUT2D eigenvalue weighted by molar-refractivity contribution is -0.114. The van der Waals surface area contributed by atoms with Crippen molar-refractivity contribution in [1.29, 1.82) is 0 Å². The van der Waals surface area contributed by atoms with E-state index in [0.29, 0.717) is 11.4 Å². The molecule has 2 rings (SSSR count). The number of nitrogens with zero attached hydrogens (tertiary/aromatic N) is 1. The molecule has 2 aromatic rings. The Hall–Kier alpha value is -2.47. The molecule has 0 fully saturated rings. The summed E-state index contributed by atoms with van der Waals surface area (Å²) < 4.78 is 13.0. The molecule has 0 radical (unpaired) electrons. The summed E-state index contributed by atoms with van der Waals surface area (Å²) in [5.74, 6) is -1.47. The second-order valence-corrected chi connectivity index (χ2v) is 4.60. The summed E-state index contributed by atoms with van der Waals surface area (Å²) >= 11 is 5.99. The molecule has 0 aliphatic rings. The molecule has 0 atom stereocenters. The van der Waals surface area contributed by atoms with Crippen LogP contribution < -0.4 is 10.6 Å². The summed E-state index contributed by atoms with van der Waals surface area (Å²) in [6, 6.07) is 7.05. The van der Waals surface area contributed by atoms with Crippen molar-refractivity contribution in [3.63, 3.8) is 0 Å². The normalized spacial score (nSPS) is 10.0. The highest BCUT2D eigenvalue weighted by Gasteiger charge is 2.09. The van der Waals surface area contributed by atoms with Gasteiger partial charge in [0.15, 0.2) is 0 Å². The van der Waals surface area contributed by atoms with Gasteiger partial charge >= 0.3 is 0 Å². The SMILES string of the molecule is CC(=O)Nc1ccc(NC(=O)c2ccnc(F)c2)cc1Cl. The number of aromatic nitrogens is 1. The highest BCUT2D eigenvalue weighted by molar-refractivity contribution is 6.34. The van der Waals surface area contributed by atoms with Gasteiger partial charge in [-0.1, -0.05) is 11.6 Å². The quantitative estimate of drug-likeness (QED) is 0.856. The number of pyridine rings is 1. The molecule has 0 unspecified atom stereocenters.